The molecular weight excluding hydrogens is 279 g/mol. The van der Waals surface area contributed by atoms with Gasteiger partial charge in [-0.3, -0.25) is 4.79 Å². The molecule has 2 aromatic carbocycles. The molecule has 0 saturated carbocycles. The molecule has 102 valence electrons. The van der Waals surface area contributed by atoms with Crippen LogP contribution in [0.15, 0.2) is 42.5 Å². The molecule has 0 bridgehead atoms. The minimum atomic E-state index is -0.547. The highest BCUT2D eigenvalue weighted by molar-refractivity contribution is 6.30. The summed E-state index contributed by atoms with van der Waals surface area (Å²) < 4.78 is 13.4. The van der Waals surface area contributed by atoms with Gasteiger partial charge in [0.25, 0.3) is 0 Å². The molecule has 1 aliphatic heterocycles. The van der Waals surface area contributed by atoms with Crippen molar-refractivity contribution in [2.75, 3.05) is 17.2 Å². The molecule has 1 atom stereocenters. The number of para-hydroxylation sites is 1. The van der Waals surface area contributed by atoms with E-state index in [9.17, 15) is 9.18 Å². The third kappa shape index (κ3) is 2.34. The van der Waals surface area contributed by atoms with Gasteiger partial charge in [0, 0.05) is 17.9 Å². The first-order valence-electron chi connectivity index (χ1n) is 6.24. The lowest BCUT2D eigenvalue weighted by molar-refractivity contribution is -0.117. The molecular formula is C15H12ClFN2O. The summed E-state index contributed by atoms with van der Waals surface area (Å²) in [5.74, 6) is -0.983. The van der Waals surface area contributed by atoms with Gasteiger partial charge in [-0.2, -0.15) is 0 Å². The van der Waals surface area contributed by atoms with Gasteiger partial charge < -0.3 is 10.6 Å². The van der Waals surface area contributed by atoms with E-state index in [0.29, 0.717) is 12.2 Å². The average molecular weight is 291 g/mol. The number of benzene rings is 2. The molecule has 3 rings (SSSR count). The fourth-order valence-electron chi connectivity index (χ4n) is 2.32. The summed E-state index contributed by atoms with van der Waals surface area (Å²) in [5.41, 5.74) is 2.33. The molecule has 3 nitrogen and oxygen atoms in total. The SMILES string of the molecule is O=C(Nc1ccc(Cl)c(F)c1)C1CNc2ccccc21. The van der Waals surface area contributed by atoms with Crippen LogP contribution in [0.5, 0.6) is 0 Å². The zero-order valence-corrected chi connectivity index (χ0v) is 11.2. The number of hydrogen-bond acceptors (Lipinski definition) is 2. The molecule has 0 spiro atoms. The Bertz CT molecular complexity index is 675. The van der Waals surface area contributed by atoms with Crippen molar-refractivity contribution in [2.45, 2.75) is 5.92 Å². The third-order valence-electron chi connectivity index (χ3n) is 3.34. The Kier molecular flexibility index (Phi) is 3.32. The van der Waals surface area contributed by atoms with Gasteiger partial charge in [-0.05, 0) is 29.8 Å². The fourth-order valence-corrected chi connectivity index (χ4v) is 2.44. The molecule has 1 unspecified atom stereocenters. The Labute approximate surface area is 120 Å². The molecule has 1 amide bonds. The molecule has 5 heteroatoms. The molecule has 1 heterocycles. The second-order valence-electron chi connectivity index (χ2n) is 4.64. The van der Waals surface area contributed by atoms with Crippen molar-refractivity contribution < 1.29 is 9.18 Å². The van der Waals surface area contributed by atoms with Gasteiger partial charge in [-0.25, -0.2) is 4.39 Å². The first-order valence-corrected chi connectivity index (χ1v) is 6.61. The Morgan fingerprint density at radius 1 is 1.30 bits per heavy atom. The van der Waals surface area contributed by atoms with Crippen molar-refractivity contribution in [3.63, 3.8) is 0 Å². The summed E-state index contributed by atoms with van der Waals surface area (Å²) in [6.07, 6.45) is 0. The van der Waals surface area contributed by atoms with Crippen molar-refractivity contribution in [3.05, 3.63) is 58.9 Å². The minimum absolute atomic E-state index is 0.0378. The Balaban J connectivity index is 1.79. The van der Waals surface area contributed by atoms with Crippen LogP contribution in [0.4, 0.5) is 15.8 Å². The number of fused-ring (bicyclic) bond motifs is 1. The molecule has 20 heavy (non-hydrogen) atoms. The maximum Gasteiger partial charge on any atom is 0.233 e. The number of hydrogen-bond donors (Lipinski definition) is 2. The van der Waals surface area contributed by atoms with Gasteiger partial charge in [0.15, 0.2) is 0 Å². The standard InChI is InChI=1S/C15H12ClFN2O/c16-12-6-5-9(7-13(12)17)19-15(20)11-8-18-14-4-2-1-3-10(11)14/h1-7,11,18H,8H2,(H,19,20). The van der Waals surface area contributed by atoms with Crippen LogP contribution in [-0.2, 0) is 4.79 Å². The molecule has 0 aromatic heterocycles. The number of amides is 1. The van der Waals surface area contributed by atoms with Crippen molar-refractivity contribution in [3.8, 4) is 0 Å². The van der Waals surface area contributed by atoms with Crippen LogP contribution in [0.2, 0.25) is 5.02 Å². The van der Waals surface area contributed by atoms with E-state index >= 15 is 0 Å². The van der Waals surface area contributed by atoms with Crippen LogP contribution < -0.4 is 10.6 Å². The first-order chi connectivity index (χ1) is 9.65. The largest absolute Gasteiger partial charge is 0.384 e. The van der Waals surface area contributed by atoms with Crippen molar-refractivity contribution in [1.29, 1.82) is 0 Å². The highest BCUT2D eigenvalue weighted by atomic mass is 35.5. The Morgan fingerprint density at radius 3 is 2.90 bits per heavy atom. The van der Waals surface area contributed by atoms with Crippen molar-refractivity contribution in [1.82, 2.24) is 0 Å². The fraction of sp³-hybridized carbons (Fsp3) is 0.133. The molecule has 0 aliphatic carbocycles. The normalized spacial score (nSPS) is 16.4. The summed E-state index contributed by atoms with van der Waals surface area (Å²) in [6, 6.07) is 11.9. The van der Waals surface area contributed by atoms with Crippen LogP contribution in [0.3, 0.4) is 0 Å². The zero-order chi connectivity index (χ0) is 14.1. The number of rotatable bonds is 2. The number of nitrogens with one attached hydrogen (secondary N) is 2. The monoisotopic (exact) mass is 290 g/mol. The van der Waals surface area contributed by atoms with Gasteiger partial charge in [0.05, 0.1) is 10.9 Å². The second-order valence-corrected chi connectivity index (χ2v) is 5.05. The molecule has 2 aromatic rings. The maximum absolute atomic E-state index is 13.4. The van der Waals surface area contributed by atoms with E-state index in [-0.39, 0.29) is 16.8 Å². The highest BCUT2D eigenvalue weighted by Crippen LogP contribution is 2.32. The van der Waals surface area contributed by atoms with Gasteiger partial charge >= 0.3 is 0 Å². The maximum atomic E-state index is 13.4. The third-order valence-corrected chi connectivity index (χ3v) is 3.64. The van der Waals surface area contributed by atoms with Crippen LogP contribution >= 0.6 is 11.6 Å². The summed E-state index contributed by atoms with van der Waals surface area (Å²) in [6.45, 7) is 0.543. The molecule has 0 saturated heterocycles. The van der Waals surface area contributed by atoms with E-state index in [0.717, 1.165) is 11.3 Å². The quantitative estimate of drug-likeness (QED) is 0.887. The Hall–Kier alpha value is -2.07. The zero-order valence-electron chi connectivity index (χ0n) is 10.5. The van der Waals surface area contributed by atoms with Crippen LogP contribution in [0, 0.1) is 5.82 Å². The smallest absolute Gasteiger partial charge is 0.233 e. The molecule has 0 radical (unpaired) electrons. The summed E-state index contributed by atoms with van der Waals surface area (Å²) in [7, 11) is 0. The van der Waals surface area contributed by atoms with Crippen molar-refractivity contribution >= 4 is 28.9 Å². The Morgan fingerprint density at radius 2 is 2.10 bits per heavy atom. The number of anilines is 2. The number of halogens is 2. The lowest BCUT2D eigenvalue weighted by atomic mass is 10.0. The summed E-state index contributed by atoms with van der Waals surface area (Å²) >= 11 is 5.61. The lowest BCUT2D eigenvalue weighted by Gasteiger charge is -2.11. The van der Waals surface area contributed by atoms with E-state index in [1.54, 1.807) is 6.07 Å². The summed E-state index contributed by atoms with van der Waals surface area (Å²) in [5, 5.41) is 5.93. The number of carbonyl (C=O) groups excluding carboxylic acids is 1. The van der Waals surface area contributed by atoms with E-state index in [1.165, 1.54) is 12.1 Å². The minimum Gasteiger partial charge on any atom is -0.384 e. The first kappa shape index (κ1) is 12.9. The average Bonchev–Trinajstić information content (AvgIpc) is 2.87. The van der Waals surface area contributed by atoms with E-state index in [4.69, 9.17) is 11.6 Å². The molecule has 2 N–H and O–H groups in total. The van der Waals surface area contributed by atoms with Gasteiger partial charge in [-0.1, -0.05) is 29.8 Å². The summed E-state index contributed by atoms with van der Waals surface area (Å²) in [4.78, 5) is 12.3. The van der Waals surface area contributed by atoms with Crippen LogP contribution in [-0.4, -0.2) is 12.5 Å². The lowest BCUT2D eigenvalue weighted by Crippen LogP contribution is -2.22. The van der Waals surface area contributed by atoms with Crippen LogP contribution in [0.1, 0.15) is 11.5 Å². The van der Waals surface area contributed by atoms with E-state index in [2.05, 4.69) is 10.6 Å². The topological polar surface area (TPSA) is 41.1 Å². The highest BCUT2D eigenvalue weighted by Gasteiger charge is 2.28. The predicted octanol–water partition coefficient (Wildman–Crippen LogP) is 3.63. The second kappa shape index (κ2) is 5.13. The predicted molar refractivity (Wildman–Crippen MR) is 77.7 cm³/mol. The van der Waals surface area contributed by atoms with E-state index < -0.39 is 5.82 Å². The van der Waals surface area contributed by atoms with E-state index in [1.807, 2.05) is 24.3 Å². The van der Waals surface area contributed by atoms with Crippen LogP contribution in [0.25, 0.3) is 0 Å². The van der Waals surface area contributed by atoms with Crippen molar-refractivity contribution in [2.24, 2.45) is 0 Å². The molecule has 1 aliphatic rings. The van der Waals surface area contributed by atoms with Gasteiger partial charge in [-0.15, -0.1) is 0 Å². The number of carbonyl (C=O) groups is 1. The van der Waals surface area contributed by atoms with Gasteiger partial charge in [0.2, 0.25) is 5.91 Å². The van der Waals surface area contributed by atoms with Gasteiger partial charge in [0.1, 0.15) is 5.82 Å². The molecule has 0 fully saturated rings.